The topological polar surface area (TPSA) is 72.6 Å². The van der Waals surface area contributed by atoms with Crippen molar-refractivity contribution in [3.63, 3.8) is 0 Å². The molecule has 2 N–H and O–H groups in total. The molecule has 1 fully saturated rings. The van der Waals surface area contributed by atoms with E-state index < -0.39 is 10.5 Å². The van der Waals surface area contributed by atoms with Crippen LogP contribution >= 0.6 is 11.8 Å². The van der Waals surface area contributed by atoms with Gasteiger partial charge in [-0.1, -0.05) is 42.5 Å². The number of nitrogens with zero attached hydrogens (tertiary/aromatic N) is 1. The van der Waals surface area contributed by atoms with Crippen LogP contribution in [0.1, 0.15) is 11.1 Å². The van der Waals surface area contributed by atoms with Crippen LogP contribution in [-0.2, 0) is 17.6 Å². The Balaban J connectivity index is 1.50. The van der Waals surface area contributed by atoms with E-state index in [0.717, 1.165) is 29.5 Å². The third-order valence-electron chi connectivity index (χ3n) is 3.80. The molecule has 1 aliphatic heterocycles. The fourth-order valence-electron chi connectivity index (χ4n) is 2.47. The van der Waals surface area contributed by atoms with E-state index >= 15 is 0 Å². The van der Waals surface area contributed by atoms with Gasteiger partial charge in [0.05, 0.1) is 11.9 Å². The van der Waals surface area contributed by atoms with E-state index in [1.54, 1.807) is 0 Å². The van der Waals surface area contributed by atoms with Crippen molar-refractivity contribution in [3.05, 3.63) is 65.7 Å². The quantitative estimate of drug-likeness (QED) is 0.645. The van der Waals surface area contributed by atoms with Gasteiger partial charge in [0.2, 0.25) is 0 Å². The second kappa shape index (κ2) is 7.51. The minimum Gasteiger partial charge on any atom is -0.493 e. The lowest BCUT2D eigenvalue weighted by molar-refractivity contribution is -0.126. The van der Waals surface area contributed by atoms with Gasteiger partial charge in [0.1, 0.15) is 5.75 Å². The zero-order chi connectivity index (χ0) is 16.9. The van der Waals surface area contributed by atoms with E-state index in [2.05, 4.69) is 12.1 Å². The Bertz CT molecular complexity index is 719. The maximum Gasteiger partial charge on any atom is 0.303 e. The summed E-state index contributed by atoms with van der Waals surface area (Å²) in [6, 6.07) is 17.8. The van der Waals surface area contributed by atoms with Gasteiger partial charge in [-0.25, -0.2) is 10.9 Å². The van der Waals surface area contributed by atoms with E-state index in [-0.39, 0.29) is 5.91 Å². The van der Waals surface area contributed by atoms with Crippen molar-refractivity contribution in [2.24, 2.45) is 5.84 Å². The fourth-order valence-corrected chi connectivity index (χ4v) is 3.41. The third-order valence-corrected chi connectivity index (χ3v) is 4.85. The number of ether oxygens (including phenoxy) is 1. The first-order valence-corrected chi connectivity index (χ1v) is 8.56. The number of rotatable bonds is 6. The van der Waals surface area contributed by atoms with Crippen LogP contribution in [-0.4, -0.2) is 28.0 Å². The Labute approximate surface area is 144 Å². The summed E-state index contributed by atoms with van der Waals surface area (Å²) in [5, 5.41) is -0.144. The Hall–Kier alpha value is -2.31. The van der Waals surface area contributed by atoms with Gasteiger partial charge in [0.25, 0.3) is 5.91 Å². The summed E-state index contributed by atoms with van der Waals surface area (Å²) in [5.41, 5.74) is 2.21. The Morgan fingerprint density at radius 2 is 1.71 bits per heavy atom. The van der Waals surface area contributed by atoms with Gasteiger partial charge in [0.15, 0.2) is 0 Å². The van der Waals surface area contributed by atoms with Crippen LogP contribution in [0.2, 0.25) is 0 Å². The lowest BCUT2D eigenvalue weighted by Crippen LogP contribution is -2.37. The molecular formula is C18H18N2O3S. The summed E-state index contributed by atoms with van der Waals surface area (Å²) in [6.45, 7) is 0.608. The van der Waals surface area contributed by atoms with Crippen molar-refractivity contribution >= 4 is 22.9 Å². The number of hydrogen-bond acceptors (Lipinski definition) is 5. The van der Waals surface area contributed by atoms with Crippen LogP contribution in [0, 0.1) is 0 Å². The molecule has 1 unspecified atom stereocenters. The van der Waals surface area contributed by atoms with Crippen molar-refractivity contribution in [1.82, 2.24) is 5.01 Å². The molecule has 2 amide bonds. The van der Waals surface area contributed by atoms with Crippen LogP contribution in [0.25, 0.3) is 0 Å². The number of carbonyl (C=O) groups excluding carboxylic acids is 2. The van der Waals surface area contributed by atoms with E-state index in [0.29, 0.717) is 18.0 Å². The second-order valence-electron chi connectivity index (χ2n) is 5.51. The Morgan fingerprint density at radius 3 is 2.33 bits per heavy atom. The third kappa shape index (κ3) is 3.96. The molecule has 0 radical (unpaired) electrons. The lowest BCUT2D eigenvalue weighted by Gasteiger charge is -2.09. The first-order valence-electron chi connectivity index (χ1n) is 7.68. The highest BCUT2D eigenvalue weighted by Gasteiger charge is 2.37. The molecule has 0 aliphatic carbocycles. The van der Waals surface area contributed by atoms with Crippen molar-refractivity contribution in [2.45, 2.75) is 18.1 Å². The van der Waals surface area contributed by atoms with Crippen LogP contribution in [0.4, 0.5) is 4.79 Å². The van der Waals surface area contributed by atoms with E-state index in [1.165, 1.54) is 5.56 Å². The molecule has 1 aliphatic rings. The highest BCUT2D eigenvalue weighted by Crippen LogP contribution is 2.27. The van der Waals surface area contributed by atoms with Gasteiger partial charge >= 0.3 is 5.24 Å². The van der Waals surface area contributed by atoms with Gasteiger partial charge < -0.3 is 4.74 Å². The van der Waals surface area contributed by atoms with Crippen molar-refractivity contribution in [1.29, 1.82) is 0 Å². The first-order chi connectivity index (χ1) is 11.6. The highest BCUT2D eigenvalue weighted by atomic mass is 32.2. The predicted molar refractivity (Wildman–Crippen MR) is 93.6 cm³/mol. The number of carbonyl (C=O) groups is 2. The predicted octanol–water partition coefficient (Wildman–Crippen LogP) is 2.79. The number of thioether (sulfide) groups is 1. The molecule has 3 rings (SSSR count). The standard InChI is InChI=1S/C18H18N2O3S/c19-20-17(21)16(24-18(20)22)12-14-6-8-15(9-7-14)23-11-10-13-4-2-1-3-5-13/h1-9,16H,10-12,19H2. The number of hydrazine groups is 1. The molecule has 24 heavy (non-hydrogen) atoms. The zero-order valence-corrected chi connectivity index (χ0v) is 13.9. The number of amides is 2. The number of imide groups is 1. The normalized spacial score (nSPS) is 17.4. The van der Waals surface area contributed by atoms with E-state index in [9.17, 15) is 9.59 Å². The molecule has 1 saturated heterocycles. The number of nitrogens with two attached hydrogens (primary N) is 1. The Morgan fingerprint density at radius 1 is 1.00 bits per heavy atom. The maximum atomic E-state index is 11.8. The summed E-state index contributed by atoms with van der Waals surface area (Å²) < 4.78 is 5.74. The minimum atomic E-state index is -0.438. The summed E-state index contributed by atoms with van der Waals surface area (Å²) in [6.07, 6.45) is 1.33. The molecule has 5 nitrogen and oxygen atoms in total. The van der Waals surface area contributed by atoms with Crippen molar-refractivity contribution in [3.8, 4) is 5.75 Å². The van der Waals surface area contributed by atoms with Crippen molar-refractivity contribution in [2.75, 3.05) is 6.61 Å². The zero-order valence-electron chi connectivity index (χ0n) is 13.1. The van der Waals surface area contributed by atoms with Crippen LogP contribution in [0.15, 0.2) is 54.6 Å². The summed E-state index contributed by atoms with van der Waals surface area (Å²) in [7, 11) is 0. The molecule has 1 atom stereocenters. The van der Waals surface area contributed by atoms with Gasteiger partial charge in [-0.2, -0.15) is 0 Å². The molecule has 0 spiro atoms. The maximum absolute atomic E-state index is 11.8. The molecule has 0 aromatic heterocycles. The lowest BCUT2D eigenvalue weighted by atomic mass is 10.1. The second-order valence-corrected chi connectivity index (χ2v) is 6.67. The molecule has 6 heteroatoms. The molecule has 124 valence electrons. The molecule has 0 saturated carbocycles. The minimum absolute atomic E-state index is 0.340. The van der Waals surface area contributed by atoms with E-state index in [4.69, 9.17) is 10.6 Å². The molecule has 0 bridgehead atoms. The average molecular weight is 342 g/mol. The number of hydrogen-bond donors (Lipinski definition) is 1. The van der Waals surface area contributed by atoms with Gasteiger partial charge in [-0.05, 0) is 41.4 Å². The largest absolute Gasteiger partial charge is 0.493 e. The summed E-state index contributed by atoms with van der Waals surface area (Å²) in [4.78, 5) is 23.2. The smallest absolute Gasteiger partial charge is 0.303 e. The van der Waals surface area contributed by atoms with Crippen molar-refractivity contribution < 1.29 is 14.3 Å². The molecule has 2 aromatic carbocycles. The molecular weight excluding hydrogens is 324 g/mol. The molecule has 1 heterocycles. The number of benzene rings is 2. The van der Waals surface area contributed by atoms with Crippen LogP contribution in [0.3, 0.4) is 0 Å². The van der Waals surface area contributed by atoms with Crippen LogP contribution in [0.5, 0.6) is 5.75 Å². The van der Waals surface area contributed by atoms with E-state index in [1.807, 2.05) is 42.5 Å². The molecule has 2 aromatic rings. The summed E-state index contributed by atoms with van der Waals surface area (Å²) in [5.74, 6) is 5.84. The van der Waals surface area contributed by atoms with Gasteiger partial charge in [-0.3, -0.25) is 9.59 Å². The Kier molecular flexibility index (Phi) is 5.17. The highest BCUT2D eigenvalue weighted by molar-refractivity contribution is 8.15. The SMILES string of the molecule is NN1C(=O)SC(Cc2ccc(OCCc3ccccc3)cc2)C1=O. The van der Waals surface area contributed by atoms with Crippen LogP contribution < -0.4 is 10.6 Å². The fraction of sp³-hybridized carbons (Fsp3) is 0.222. The summed E-state index contributed by atoms with van der Waals surface area (Å²) >= 11 is 0.974. The van der Waals surface area contributed by atoms with Gasteiger partial charge in [-0.15, -0.1) is 0 Å². The first kappa shape index (κ1) is 16.5. The average Bonchev–Trinajstić information content (AvgIpc) is 2.84. The monoisotopic (exact) mass is 342 g/mol. The van der Waals surface area contributed by atoms with Gasteiger partial charge in [0, 0.05) is 6.42 Å².